The van der Waals surface area contributed by atoms with E-state index in [-0.39, 0.29) is 0 Å². The number of benzene rings is 3. The smallest absolute Gasteiger partial charge is 0.0964 e. The highest BCUT2D eigenvalue weighted by molar-refractivity contribution is 5.86. The zero-order valence-electron chi connectivity index (χ0n) is 25.2. The maximum absolute atomic E-state index is 4.71. The third kappa shape index (κ3) is 5.59. The van der Waals surface area contributed by atoms with Crippen LogP contribution in [0.2, 0.25) is 0 Å². The molecule has 4 aromatic heterocycles. The Bertz CT molecular complexity index is 1940. The predicted molar refractivity (Wildman–Crippen MR) is 184 cm³/mol. The van der Waals surface area contributed by atoms with Gasteiger partial charge in [0.1, 0.15) is 0 Å². The van der Waals surface area contributed by atoms with Crippen LogP contribution in [-0.4, -0.2) is 19.9 Å². The van der Waals surface area contributed by atoms with Gasteiger partial charge in [0.2, 0.25) is 0 Å². The largest absolute Gasteiger partial charge is 0.310 e. The Morgan fingerprint density at radius 1 is 0.378 bits per heavy atom. The van der Waals surface area contributed by atoms with E-state index in [4.69, 9.17) is 9.97 Å². The van der Waals surface area contributed by atoms with E-state index in [1.165, 1.54) is 0 Å². The molecular weight excluding hydrogens is 550 g/mol. The lowest BCUT2D eigenvalue weighted by atomic mass is 9.96. The molecule has 0 bridgehead atoms. The van der Waals surface area contributed by atoms with Gasteiger partial charge in [0.05, 0.1) is 22.8 Å². The van der Waals surface area contributed by atoms with Crippen LogP contribution < -0.4 is 4.90 Å². The molecule has 7 rings (SSSR count). The van der Waals surface area contributed by atoms with Gasteiger partial charge in [0, 0.05) is 53.0 Å². The van der Waals surface area contributed by atoms with Gasteiger partial charge in [0.15, 0.2) is 0 Å². The van der Waals surface area contributed by atoms with Crippen LogP contribution in [0.1, 0.15) is 11.1 Å². The second-order valence-corrected chi connectivity index (χ2v) is 10.9. The molecule has 0 atom stereocenters. The molecule has 216 valence electrons. The molecule has 0 aliphatic rings. The van der Waals surface area contributed by atoms with Crippen molar-refractivity contribution in [2.24, 2.45) is 0 Å². The molecule has 0 aliphatic heterocycles. The standard InChI is InChI=1S/C40H31N5/c1-28-26-31(18-20-33(28)35-14-10-24-43-39(35)37-16-6-8-22-41-37)45(30-12-4-3-5-13-30)32-19-21-34(29(2)27-32)36-15-11-25-44-40(36)38-17-7-9-23-42-38/h3-27H,1-2H3. The molecule has 0 unspecified atom stereocenters. The molecule has 5 heteroatoms. The third-order valence-corrected chi connectivity index (χ3v) is 7.96. The lowest BCUT2D eigenvalue weighted by Gasteiger charge is -2.27. The number of rotatable bonds is 7. The highest BCUT2D eigenvalue weighted by Gasteiger charge is 2.18. The molecule has 45 heavy (non-hydrogen) atoms. The van der Waals surface area contributed by atoms with Gasteiger partial charge in [-0.15, -0.1) is 0 Å². The van der Waals surface area contributed by atoms with Gasteiger partial charge in [-0.2, -0.15) is 0 Å². The molecular formula is C40H31N5. The lowest BCUT2D eigenvalue weighted by molar-refractivity contribution is 1.23. The van der Waals surface area contributed by atoms with Crippen molar-refractivity contribution >= 4 is 17.1 Å². The second kappa shape index (κ2) is 12.3. The van der Waals surface area contributed by atoms with Crippen LogP contribution in [-0.2, 0) is 0 Å². The van der Waals surface area contributed by atoms with E-state index in [9.17, 15) is 0 Å². The molecule has 0 fully saturated rings. The van der Waals surface area contributed by atoms with Crippen LogP contribution in [0.15, 0.2) is 152 Å². The monoisotopic (exact) mass is 581 g/mol. The normalized spacial score (nSPS) is 10.9. The summed E-state index contributed by atoms with van der Waals surface area (Å²) in [4.78, 5) is 20.9. The number of pyridine rings is 4. The summed E-state index contributed by atoms with van der Waals surface area (Å²) in [6, 6.07) is 43.8. The first-order valence-corrected chi connectivity index (χ1v) is 15.0. The topological polar surface area (TPSA) is 54.8 Å². The molecule has 0 radical (unpaired) electrons. The van der Waals surface area contributed by atoms with E-state index < -0.39 is 0 Å². The van der Waals surface area contributed by atoms with Gasteiger partial charge in [-0.05, 0) is 109 Å². The van der Waals surface area contributed by atoms with Crippen molar-refractivity contribution in [1.82, 2.24) is 19.9 Å². The fraction of sp³-hybridized carbons (Fsp3) is 0.0500. The van der Waals surface area contributed by atoms with Gasteiger partial charge >= 0.3 is 0 Å². The summed E-state index contributed by atoms with van der Waals surface area (Å²) in [7, 11) is 0. The van der Waals surface area contributed by atoms with Crippen molar-refractivity contribution in [2.45, 2.75) is 13.8 Å². The van der Waals surface area contributed by atoms with Crippen LogP contribution in [0, 0.1) is 13.8 Å². The molecule has 0 saturated carbocycles. The molecule has 0 aliphatic carbocycles. The summed E-state index contributed by atoms with van der Waals surface area (Å²) in [5.74, 6) is 0. The Morgan fingerprint density at radius 3 is 1.29 bits per heavy atom. The van der Waals surface area contributed by atoms with Gasteiger partial charge in [-0.1, -0.05) is 54.6 Å². The molecule has 0 amide bonds. The third-order valence-electron chi connectivity index (χ3n) is 7.96. The first-order valence-electron chi connectivity index (χ1n) is 15.0. The minimum absolute atomic E-state index is 0.859. The summed E-state index contributed by atoms with van der Waals surface area (Å²) in [5.41, 5.74) is 13.4. The van der Waals surface area contributed by atoms with Gasteiger partial charge in [-0.25, -0.2) is 0 Å². The van der Waals surface area contributed by atoms with Crippen LogP contribution in [0.25, 0.3) is 45.0 Å². The summed E-state index contributed by atoms with van der Waals surface area (Å²) < 4.78 is 0. The zero-order valence-corrected chi connectivity index (χ0v) is 25.2. The molecule has 3 aromatic carbocycles. The van der Waals surface area contributed by atoms with Crippen molar-refractivity contribution in [3.63, 3.8) is 0 Å². The molecule has 0 spiro atoms. The molecule has 7 aromatic rings. The van der Waals surface area contributed by atoms with E-state index in [1.54, 1.807) is 0 Å². The Morgan fingerprint density at radius 2 is 0.844 bits per heavy atom. The van der Waals surface area contributed by atoms with E-state index in [2.05, 4.69) is 102 Å². The summed E-state index contributed by atoms with van der Waals surface area (Å²) in [6.07, 6.45) is 7.27. The van der Waals surface area contributed by atoms with Crippen LogP contribution >= 0.6 is 0 Å². The number of hydrogen-bond acceptors (Lipinski definition) is 5. The SMILES string of the molecule is Cc1cc(N(c2ccccc2)c2ccc(-c3cccnc3-c3ccccn3)c(C)c2)ccc1-c1cccnc1-c1ccccn1. The van der Waals surface area contributed by atoms with E-state index in [0.717, 1.165) is 73.2 Å². The Hall–Kier alpha value is -5.94. The van der Waals surface area contributed by atoms with E-state index in [0.29, 0.717) is 0 Å². The molecule has 5 nitrogen and oxygen atoms in total. The number of anilines is 3. The molecule has 0 N–H and O–H groups in total. The minimum atomic E-state index is 0.859. The van der Waals surface area contributed by atoms with Crippen molar-refractivity contribution in [3.8, 4) is 45.0 Å². The Balaban J connectivity index is 1.30. The Labute approximate surface area is 263 Å². The summed E-state index contributed by atoms with van der Waals surface area (Å²) in [5, 5.41) is 0. The maximum Gasteiger partial charge on any atom is 0.0964 e. The van der Waals surface area contributed by atoms with Crippen molar-refractivity contribution in [1.29, 1.82) is 0 Å². The first kappa shape index (κ1) is 27.9. The number of aryl methyl sites for hydroxylation is 2. The summed E-state index contributed by atoms with van der Waals surface area (Å²) in [6.45, 7) is 4.32. The van der Waals surface area contributed by atoms with Gasteiger partial charge < -0.3 is 4.90 Å². The van der Waals surface area contributed by atoms with Gasteiger partial charge in [-0.3, -0.25) is 19.9 Å². The molecule has 0 saturated heterocycles. The van der Waals surface area contributed by atoms with Crippen molar-refractivity contribution < 1.29 is 0 Å². The maximum atomic E-state index is 4.71. The van der Waals surface area contributed by atoms with Crippen molar-refractivity contribution in [3.05, 3.63) is 163 Å². The average Bonchev–Trinajstić information content (AvgIpc) is 3.10. The number of aromatic nitrogens is 4. The number of hydrogen-bond donors (Lipinski definition) is 0. The second-order valence-electron chi connectivity index (χ2n) is 10.9. The predicted octanol–water partition coefficient (Wildman–Crippen LogP) is 10.0. The van der Waals surface area contributed by atoms with E-state index in [1.807, 2.05) is 79.4 Å². The Kier molecular flexibility index (Phi) is 7.65. The molecule has 4 heterocycles. The number of para-hydroxylation sites is 1. The average molecular weight is 582 g/mol. The minimum Gasteiger partial charge on any atom is -0.310 e. The highest BCUT2D eigenvalue weighted by Crippen LogP contribution is 2.40. The fourth-order valence-electron chi connectivity index (χ4n) is 5.86. The van der Waals surface area contributed by atoms with Crippen molar-refractivity contribution in [2.75, 3.05) is 4.90 Å². The van der Waals surface area contributed by atoms with E-state index >= 15 is 0 Å². The van der Waals surface area contributed by atoms with Crippen LogP contribution in [0.3, 0.4) is 0 Å². The highest BCUT2D eigenvalue weighted by atomic mass is 15.1. The summed E-state index contributed by atoms with van der Waals surface area (Å²) >= 11 is 0. The van der Waals surface area contributed by atoms with Gasteiger partial charge in [0.25, 0.3) is 0 Å². The van der Waals surface area contributed by atoms with Crippen LogP contribution in [0.4, 0.5) is 17.1 Å². The number of nitrogens with zero attached hydrogens (tertiary/aromatic N) is 5. The van der Waals surface area contributed by atoms with Crippen LogP contribution in [0.5, 0.6) is 0 Å². The lowest BCUT2D eigenvalue weighted by Crippen LogP contribution is -2.10. The zero-order chi connectivity index (χ0) is 30.6. The first-order chi connectivity index (χ1) is 22.2. The fourth-order valence-corrected chi connectivity index (χ4v) is 5.86. The quantitative estimate of drug-likeness (QED) is 0.187.